The third-order valence-electron chi connectivity index (χ3n) is 18.5. The van der Waals surface area contributed by atoms with Crippen LogP contribution in [-0.2, 0) is 14.3 Å². The summed E-state index contributed by atoms with van der Waals surface area (Å²) in [5.74, 6) is -0.0370. The van der Waals surface area contributed by atoms with Crippen LogP contribution in [0.25, 0.3) is 0 Å². The molecule has 3 N–H and O–H groups in total. The average Bonchev–Trinajstić information content (AvgIpc) is 3.51. The van der Waals surface area contributed by atoms with Crippen molar-refractivity contribution >= 4 is 11.9 Å². The Bertz CT molecular complexity index is 1330. The molecule has 0 heterocycles. The minimum Gasteiger partial charge on any atom is -0.466 e. The quantitative estimate of drug-likeness (QED) is 0.0320. The van der Waals surface area contributed by atoms with E-state index in [9.17, 15) is 19.8 Å². The molecule has 0 aliphatic rings. The maximum atomic E-state index is 12.5. The van der Waals surface area contributed by atoms with Crippen LogP contribution in [0, 0.1) is 0 Å². The molecule has 0 bridgehead atoms. The van der Waals surface area contributed by atoms with E-state index in [4.69, 9.17) is 4.74 Å². The Balaban J connectivity index is 3.35. The van der Waals surface area contributed by atoms with Crippen LogP contribution in [0.4, 0.5) is 0 Å². The maximum Gasteiger partial charge on any atom is 0.305 e. The molecule has 0 rings (SSSR count). The summed E-state index contributed by atoms with van der Waals surface area (Å²) in [6.45, 7) is 4.96. The zero-order valence-electron chi connectivity index (χ0n) is 57.9. The number of ether oxygens (including phenoxy) is 1. The van der Waals surface area contributed by atoms with Gasteiger partial charge < -0.3 is 20.3 Å². The van der Waals surface area contributed by atoms with Crippen molar-refractivity contribution in [3.63, 3.8) is 0 Å². The van der Waals surface area contributed by atoms with Crippen LogP contribution < -0.4 is 5.32 Å². The van der Waals surface area contributed by atoms with Gasteiger partial charge in [0.15, 0.2) is 0 Å². The summed E-state index contributed by atoms with van der Waals surface area (Å²) in [5, 5.41) is 23.3. The highest BCUT2D eigenvalue weighted by atomic mass is 16.5. The summed E-state index contributed by atoms with van der Waals surface area (Å²) < 4.78 is 5.50. The number of rotatable bonds is 74. The molecule has 6 nitrogen and oxygen atoms in total. The minimum absolute atomic E-state index is 0.0231. The first-order valence-electron chi connectivity index (χ1n) is 39.1. The van der Waals surface area contributed by atoms with E-state index in [2.05, 4.69) is 31.3 Å². The van der Waals surface area contributed by atoms with E-state index >= 15 is 0 Å². The van der Waals surface area contributed by atoms with Crippen LogP contribution in [0.1, 0.15) is 444 Å². The van der Waals surface area contributed by atoms with E-state index in [1.165, 1.54) is 379 Å². The Kier molecular flexibility index (Phi) is 73.3. The summed E-state index contributed by atoms with van der Waals surface area (Å²) in [6.07, 6.45) is 95.9. The van der Waals surface area contributed by atoms with Gasteiger partial charge in [0.05, 0.1) is 25.4 Å². The second-order valence-electron chi connectivity index (χ2n) is 27.0. The smallest absolute Gasteiger partial charge is 0.305 e. The zero-order chi connectivity index (χ0) is 61.3. The van der Waals surface area contributed by atoms with Gasteiger partial charge in [-0.1, -0.05) is 398 Å². The zero-order valence-corrected chi connectivity index (χ0v) is 57.9. The van der Waals surface area contributed by atoms with Crippen LogP contribution in [0.15, 0.2) is 24.3 Å². The number of hydrogen-bond donors (Lipinski definition) is 3. The molecule has 2 atom stereocenters. The molecule has 0 aliphatic carbocycles. The Morgan fingerprint density at radius 1 is 0.318 bits per heavy atom. The molecule has 0 aromatic carbocycles. The molecule has 0 saturated heterocycles. The summed E-state index contributed by atoms with van der Waals surface area (Å²) in [5.41, 5.74) is 0. The Hall–Kier alpha value is -1.66. The predicted octanol–water partition coefficient (Wildman–Crippen LogP) is 25.7. The van der Waals surface area contributed by atoms with Crippen LogP contribution in [0.5, 0.6) is 0 Å². The van der Waals surface area contributed by atoms with Gasteiger partial charge in [-0.3, -0.25) is 9.59 Å². The molecule has 85 heavy (non-hydrogen) atoms. The third-order valence-corrected chi connectivity index (χ3v) is 18.5. The van der Waals surface area contributed by atoms with E-state index < -0.39 is 12.1 Å². The van der Waals surface area contributed by atoms with Crippen molar-refractivity contribution in [3.05, 3.63) is 24.3 Å². The molecule has 0 aromatic heterocycles. The van der Waals surface area contributed by atoms with Gasteiger partial charge in [-0.15, -0.1) is 0 Å². The highest BCUT2D eigenvalue weighted by Crippen LogP contribution is 2.20. The molecule has 504 valence electrons. The fourth-order valence-corrected chi connectivity index (χ4v) is 12.5. The van der Waals surface area contributed by atoms with E-state index in [1.54, 1.807) is 6.08 Å². The fourth-order valence-electron chi connectivity index (χ4n) is 12.5. The van der Waals surface area contributed by atoms with E-state index in [1.807, 2.05) is 6.08 Å². The number of carbonyl (C=O) groups is 2. The van der Waals surface area contributed by atoms with Gasteiger partial charge >= 0.3 is 5.97 Å². The second kappa shape index (κ2) is 74.8. The predicted molar refractivity (Wildman–Crippen MR) is 375 cm³/mol. The normalized spacial score (nSPS) is 12.6. The van der Waals surface area contributed by atoms with Gasteiger partial charge in [0.25, 0.3) is 0 Å². The van der Waals surface area contributed by atoms with Gasteiger partial charge in [0, 0.05) is 12.8 Å². The van der Waals surface area contributed by atoms with Crippen molar-refractivity contribution in [3.8, 4) is 0 Å². The van der Waals surface area contributed by atoms with Crippen molar-refractivity contribution in [2.75, 3.05) is 13.2 Å². The standard InChI is InChI=1S/C79H153NO5/c1-3-5-7-9-11-13-15-17-19-20-38-41-44-47-51-55-59-63-67-71-77(82)76(75-81)80-78(83)72-68-64-60-56-52-48-45-42-39-36-34-32-30-28-26-24-22-21-23-25-27-29-31-33-35-37-40-43-46-50-54-58-62-66-70-74-85-79(84)73-69-65-61-57-53-49-18-16-14-12-10-8-6-4-2/h23,25,67,71,76-77,81-82H,3-22,24,26-66,68-70,72-75H2,1-2H3,(H,80,83)/b25-23-,71-67+. The molecule has 0 fully saturated rings. The molecule has 1 amide bonds. The van der Waals surface area contributed by atoms with E-state index in [-0.39, 0.29) is 18.5 Å². The first kappa shape index (κ1) is 83.3. The molecule has 0 aromatic rings. The number of carbonyl (C=O) groups excluding carboxylic acids is 2. The number of hydrogen-bond acceptors (Lipinski definition) is 5. The van der Waals surface area contributed by atoms with Crippen molar-refractivity contribution in [1.82, 2.24) is 5.32 Å². The van der Waals surface area contributed by atoms with Gasteiger partial charge in [-0.2, -0.15) is 0 Å². The van der Waals surface area contributed by atoms with Gasteiger partial charge in [-0.25, -0.2) is 0 Å². The van der Waals surface area contributed by atoms with Crippen molar-refractivity contribution < 1.29 is 24.5 Å². The van der Waals surface area contributed by atoms with Crippen LogP contribution >= 0.6 is 0 Å². The summed E-state index contributed by atoms with van der Waals surface area (Å²) >= 11 is 0. The highest BCUT2D eigenvalue weighted by molar-refractivity contribution is 5.76. The van der Waals surface area contributed by atoms with E-state index in [0.717, 1.165) is 38.5 Å². The first-order valence-corrected chi connectivity index (χ1v) is 39.1. The Labute approximate surface area is 532 Å². The summed E-state index contributed by atoms with van der Waals surface area (Å²) in [7, 11) is 0. The Morgan fingerprint density at radius 2 is 0.553 bits per heavy atom. The lowest BCUT2D eigenvalue weighted by atomic mass is 10.0. The van der Waals surface area contributed by atoms with Crippen molar-refractivity contribution in [1.29, 1.82) is 0 Å². The average molecular weight is 1200 g/mol. The van der Waals surface area contributed by atoms with Crippen LogP contribution in [0.3, 0.4) is 0 Å². The molecule has 2 unspecified atom stereocenters. The van der Waals surface area contributed by atoms with Crippen molar-refractivity contribution in [2.45, 2.75) is 456 Å². The monoisotopic (exact) mass is 1200 g/mol. The summed E-state index contributed by atoms with van der Waals surface area (Å²) in [4.78, 5) is 24.6. The SMILES string of the molecule is CCCCCCCCCCCCCCCCCCC/C=C/C(O)C(CO)NC(=O)CCCCCCCCCCCCCCCCCCC/C=C\CCCCCCCCCCCCCCCCOC(=O)CCCCCCCCCCCCCCCC. The largest absolute Gasteiger partial charge is 0.466 e. The Morgan fingerprint density at radius 3 is 0.835 bits per heavy atom. The number of esters is 1. The number of aliphatic hydroxyl groups is 2. The molecule has 0 aliphatic heterocycles. The summed E-state index contributed by atoms with van der Waals surface area (Å²) in [6, 6.07) is -0.625. The minimum atomic E-state index is -0.842. The van der Waals surface area contributed by atoms with Gasteiger partial charge in [0.1, 0.15) is 0 Å². The fraction of sp³-hybridized carbons (Fsp3) is 0.924. The topological polar surface area (TPSA) is 95.9 Å². The highest BCUT2D eigenvalue weighted by Gasteiger charge is 2.18. The molecule has 0 spiro atoms. The molecule has 6 heteroatoms. The van der Waals surface area contributed by atoms with Gasteiger partial charge in [0.2, 0.25) is 5.91 Å². The maximum absolute atomic E-state index is 12.5. The van der Waals surface area contributed by atoms with Crippen LogP contribution in [0.2, 0.25) is 0 Å². The third kappa shape index (κ3) is 71.3. The van der Waals surface area contributed by atoms with Crippen molar-refractivity contribution in [2.24, 2.45) is 0 Å². The van der Waals surface area contributed by atoms with Crippen LogP contribution in [-0.4, -0.2) is 47.4 Å². The number of amides is 1. The number of unbranched alkanes of at least 4 members (excludes halogenated alkanes) is 61. The molecule has 0 saturated carbocycles. The number of allylic oxidation sites excluding steroid dienone is 3. The number of nitrogens with one attached hydrogen (secondary N) is 1. The molecular formula is C79H153NO5. The number of aliphatic hydroxyl groups excluding tert-OH is 2. The lowest BCUT2D eigenvalue weighted by molar-refractivity contribution is -0.143. The molecular weight excluding hydrogens is 1040 g/mol. The van der Waals surface area contributed by atoms with Gasteiger partial charge in [-0.05, 0) is 57.8 Å². The first-order chi connectivity index (χ1) is 42.0. The lowest BCUT2D eigenvalue weighted by Crippen LogP contribution is -2.45. The second-order valence-corrected chi connectivity index (χ2v) is 27.0. The van der Waals surface area contributed by atoms with E-state index in [0.29, 0.717) is 19.4 Å². The molecule has 0 radical (unpaired) electrons. The lowest BCUT2D eigenvalue weighted by Gasteiger charge is -2.20.